The minimum absolute atomic E-state index is 0.0533. The van der Waals surface area contributed by atoms with Crippen LogP contribution in [0.1, 0.15) is 34.3 Å². The Morgan fingerprint density at radius 1 is 0.920 bits per heavy atom. The van der Waals surface area contributed by atoms with Gasteiger partial charge in [-0.05, 0) is 48.7 Å². The van der Waals surface area contributed by atoms with E-state index in [1.165, 1.54) is 11.1 Å². The van der Waals surface area contributed by atoms with Crippen LogP contribution in [0.25, 0.3) is 0 Å². The second-order valence-electron chi connectivity index (χ2n) is 6.87. The third-order valence-electron chi connectivity index (χ3n) is 5.38. The first kappa shape index (κ1) is 15.9. The van der Waals surface area contributed by atoms with Crippen LogP contribution in [0.2, 0.25) is 0 Å². The molecule has 2 aromatic carbocycles. The largest absolute Gasteiger partial charge is 0.368 e. The molecule has 4 heteroatoms. The molecule has 0 bridgehead atoms. The van der Waals surface area contributed by atoms with Crippen molar-refractivity contribution in [2.75, 3.05) is 31.1 Å². The van der Waals surface area contributed by atoms with Gasteiger partial charge in [0.25, 0.3) is 0 Å². The number of hydrogen-bond acceptors (Lipinski definition) is 3. The third kappa shape index (κ3) is 2.93. The molecule has 0 aromatic heterocycles. The van der Waals surface area contributed by atoms with Crippen LogP contribution in [0.5, 0.6) is 0 Å². The molecule has 4 nitrogen and oxygen atoms in total. The van der Waals surface area contributed by atoms with Crippen LogP contribution < -0.4 is 4.90 Å². The van der Waals surface area contributed by atoms with Gasteiger partial charge in [-0.15, -0.1) is 0 Å². The van der Waals surface area contributed by atoms with Gasteiger partial charge in [-0.3, -0.25) is 9.59 Å². The summed E-state index contributed by atoms with van der Waals surface area (Å²) < 4.78 is 0. The van der Waals surface area contributed by atoms with E-state index in [1.807, 2.05) is 41.3 Å². The van der Waals surface area contributed by atoms with Gasteiger partial charge in [0.2, 0.25) is 5.91 Å². The van der Waals surface area contributed by atoms with Crippen molar-refractivity contribution in [1.82, 2.24) is 4.90 Å². The Kier molecular flexibility index (Phi) is 4.04. The van der Waals surface area contributed by atoms with Gasteiger partial charge in [-0.2, -0.15) is 0 Å². The molecule has 1 heterocycles. The standard InChI is InChI=1S/C21H22N2O2/c1-15(24)16-6-8-18(9-7-16)22-10-12-23(13-11-22)21(25)20-14-17-4-2-3-5-19(17)20/h2-9,20H,10-14H2,1H3/t20-/m1/s1. The van der Waals surface area contributed by atoms with Crippen LogP contribution in [0.3, 0.4) is 0 Å². The number of hydrogen-bond donors (Lipinski definition) is 0. The van der Waals surface area contributed by atoms with E-state index < -0.39 is 0 Å². The lowest BCUT2D eigenvalue weighted by Crippen LogP contribution is -2.51. The smallest absolute Gasteiger partial charge is 0.230 e. The third-order valence-corrected chi connectivity index (χ3v) is 5.38. The molecular weight excluding hydrogens is 312 g/mol. The summed E-state index contributed by atoms with van der Waals surface area (Å²) in [5, 5.41) is 0. The lowest BCUT2D eigenvalue weighted by molar-refractivity contribution is -0.133. The quantitative estimate of drug-likeness (QED) is 0.811. The maximum atomic E-state index is 12.8. The summed E-state index contributed by atoms with van der Waals surface area (Å²) in [4.78, 5) is 28.4. The lowest BCUT2D eigenvalue weighted by Gasteiger charge is -2.40. The van der Waals surface area contributed by atoms with Gasteiger partial charge in [0.1, 0.15) is 0 Å². The molecule has 1 aliphatic heterocycles. The zero-order valence-electron chi connectivity index (χ0n) is 14.4. The van der Waals surface area contributed by atoms with Crippen molar-refractivity contribution in [2.45, 2.75) is 19.3 Å². The van der Waals surface area contributed by atoms with Crippen molar-refractivity contribution in [1.29, 1.82) is 0 Å². The number of anilines is 1. The summed E-state index contributed by atoms with van der Waals surface area (Å²) in [6.45, 7) is 4.76. The first-order valence-electron chi connectivity index (χ1n) is 8.86. The van der Waals surface area contributed by atoms with Gasteiger partial charge >= 0.3 is 0 Å². The highest BCUT2D eigenvalue weighted by atomic mass is 16.2. The first-order chi connectivity index (χ1) is 12.1. The molecule has 0 N–H and O–H groups in total. The van der Waals surface area contributed by atoms with Crippen molar-refractivity contribution in [2.24, 2.45) is 0 Å². The van der Waals surface area contributed by atoms with Crippen LogP contribution in [-0.4, -0.2) is 42.8 Å². The zero-order chi connectivity index (χ0) is 17.4. The van der Waals surface area contributed by atoms with Crippen molar-refractivity contribution < 1.29 is 9.59 Å². The van der Waals surface area contributed by atoms with Crippen molar-refractivity contribution in [3.05, 3.63) is 65.2 Å². The molecule has 1 atom stereocenters. The van der Waals surface area contributed by atoms with Gasteiger partial charge in [-0.1, -0.05) is 24.3 Å². The minimum atomic E-state index is 0.0533. The number of amides is 1. The van der Waals surface area contributed by atoms with Crippen LogP contribution >= 0.6 is 0 Å². The number of nitrogens with zero attached hydrogens (tertiary/aromatic N) is 2. The van der Waals surface area contributed by atoms with Crippen molar-refractivity contribution in [3.8, 4) is 0 Å². The van der Waals surface area contributed by atoms with Crippen LogP contribution in [0.15, 0.2) is 48.5 Å². The van der Waals surface area contributed by atoms with Crippen molar-refractivity contribution >= 4 is 17.4 Å². The SMILES string of the molecule is CC(=O)c1ccc(N2CCN(C(=O)[C@@H]3Cc4ccccc43)CC2)cc1. The number of benzene rings is 2. The van der Waals surface area contributed by atoms with E-state index in [0.29, 0.717) is 0 Å². The molecule has 2 aromatic rings. The molecule has 4 rings (SSSR count). The average molecular weight is 334 g/mol. The highest BCUT2D eigenvalue weighted by molar-refractivity contribution is 5.94. The van der Waals surface area contributed by atoms with E-state index in [2.05, 4.69) is 17.0 Å². The van der Waals surface area contributed by atoms with Crippen LogP contribution in [-0.2, 0) is 11.2 Å². The maximum Gasteiger partial charge on any atom is 0.230 e. The monoisotopic (exact) mass is 334 g/mol. The molecule has 0 saturated carbocycles. The summed E-state index contributed by atoms with van der Waals surface area (Å²) in [5.41, 5.74) is 4.37. The fourth-order valence-corrected chi connectivity index (χ4v) is 3.79. The molecule has 2 aliphatic rings. The van der Waals surface area contributed by atoms with Gasteiger partial charge < -0.3 is 9.80 Å². The Bertz CT molecular complexity index is 805. The Labute approximate surface area is 148 Å². The molecule has 1 aliphatic carbocycles. The van der Waals surface area contributed by atoms with Gasteiger partial charge in [0.15, 0.2) is 5.78 Å². The molecule has 1 amide bonds. The Balaban J connectivity index is 1.37. The second-order valence-corrected chi connectivity index (χ2v) is 6.87. The number of carbonyl (C=O) groups is 2. The fraction of sp³-hybridized carbons (Fsp3) is 0.333. The number of rotatable bonds is 3. The number of carbonyl (C=O) groups excluding carboxylic acids is 2. The second kappa shape index (κ2) is 6.36. The van der Waals surface area contributed by atoms with E-state index >= 15 is 0 Å². The maximum absolute atomic E-state index is 12.8. The predicted molar refractivity (Wildman–Crippen MR) is 98.1 cm³/mol. The summed E-state index contributed by atoms with van der Waals surface area (Å²) >= 11 is 0. The molecule has 0 unspecified atom stereocenters. The molecule has 0 radical (unpaired) electrons. The predicted octanol–water partition coefficient (Wildman–Crippen LogP) is 2.88. The van der Waals surface area contributed by atoms with Crippen molar-refractivity contribution in [3.63, 3.8) is 0 Å². The molecule has 128 valence electrons. The Morgan fingerprint density at radius 2 is 1.60 bits per heavy atom. The molecule has 1 fully saturated rings. The van der Waals surface area contributed by atoms with Crippen LogP contribution in [0.4, 0.5) is 5.69 Å². The van der Waals surface area contributed by atoms with E-state index in [9.17, 15) is 9.59 Å². The molecule has 0 spiro atoms. The lowest BCUT2D eigenvalue weighted by atomic mass is 9.77. The van der Waals surface area contributed by atoms with Crippen LogP contribution in [0, 0.1) is 0 Å². The number of ketones is 1. The van der Waals surface area contributed by atoms with E-state index in [-0.39, 0.29) is 17.6 Å². The average Bonchev–Trinajstić information content (AvgIpc) is 2.63. The van der Waals surface area contributed by atoms with E-state index in [4.69, 9.17) is 0 Å². The summed E-state index contributed by atoms with van der Waals surface area (Å²) in [6.07, 6.45) is 0.877. The fourth-order valence-electron chi connectivity index (χ4n) is 3.79. The molecule has 25 heavy (non-hydrogen) atoms. The summed E-state index contributed by atoms with van der Waals surface area (Å²) in [5.74, 6) is 0.408. The van der Waals surface area contributed by atoms with E-state index in [0.717, 1.165) is 43.9 Å². The van der Waals surface area contributed by atoms with Gasteiger partial charge in [0.05, 0.1) is 5.92 Å². The first-order valence-corrected chi connectivity index (χ1v) is 8.86. The number of Topliss-reactive ketones (excluding diaryl/α,β-unsaturated/α-hetero) is 1. The van der Waals surface area contributed by atoms with Gasteiger partial charge in [-0.25, -0.2) is 0 Å². The highest BCUT2D eigenvalue weighted by Gasteiger charge is 2.35. The summed E-state index contributed by atoms with van der Waals surface area (Å²) in [7, 11) is 0. The Hall–Kier alpha value is -2.62. The topological polar surface area (TPSA) is 40.6 Å². The van der Waals surface area contributed by atoms with Gasteiger partial charge in [0, 0.05) is 37.4 Å². The minimum Gasteiger partial charge on any atom is -0.368 e. The number of piperazine rings is 1. The zero-order valence-corrected chi connectivity index (χ0v) is 14.4. The van der Waals surface area contributed by atoms with E-state index in [1.54, 1.807) is 6.92 Å². The molecular formula is C21H22N2O2. The normalized spacial score (nSPS) is 19.2. The summed E-state index contributed by atoms with van der Waals surface area (Å²) in [6, 6.07) is 16.0. The Morgan fingerprint density at radius 3 is 2.24 bits per heavy atom. The highest BCUT2D eigenvalue weighted by Crippen LogP contribution is 2.36. The number of fused-ring (bicyclic) bond motifs is 1. The molecule has 1 saturated heterocycles.